The van der Waals surface area contributed by atoms with E-state index in [4.69, 9.17) is 10.5 Å². The number of nitrogen functional groups attached to an aromatic ring is 1. The molecule has 0 aliphatic carbocycles. The van der Waals surface area contributed by atoms with Gasteiger partial charge in [0.1, 0.15) is 5.75 Å². The lowest BCUT2D eigenvalue weighted by Crippen LogP contribution is -2.38. The summed E-state index contributed by atoms with van der Waals surface area (Å²) in [6, 6.07) is 6.53. The molecule has 0 bridgehead atoms. The molecule has 1 aromatic carbocycles. The smallest absolute Gasteiger partial charge is 0.331 e. The van der Waals surface area contributed by atoms with Crippen molar-refractivity contribution in [2.75, 3.05) is 12.8 Å². The van der Waals surface area contributed by atoms with Crippen molar-refractivity contribution in [2.24, 2.45) is 7.05 Å². The van der Waals surface area contributed by atoms with E-state index in [1.807, 2.05) is 0 Å². The molecule has 2 aromatic rings. The molecule has 6 heteroatoms. The molecular weight excluding hydrogens is 246 g/mol. The van der Waals surface area contributed by atoms with E-state index in [9.17, 15) is 9.59 Å². The van der Waals surface area contributed by atoms with E-state index in [2.05, 4.69) is 0 Å². The molecule has 2 rings (SSSR count). The van der Waals surface area contributed by atoms with E-state index in [0.717, 1.165) is 10.1 Å². The number of rotatable bonds is 3. The number of ether oxygens (including phenoxy) is 1. The highest BCUT2D eigenvalue weighted by atomic mass is 16.5. The molecule has 6 nitrogen and oxygen atoms in total. The lowest BCUT2D eigenvalue weighted by Gasteiger charge is -2.09. The van der Waals surface area contributed by atoms with E-state index >= 15 is 0 Å². The van der Waals surface area contributed by atoms with Crippen LogP contribution in [0.25, 0.3) is 0 Å². The van der Waals surface area contributed by atoms with Gasteiger partial charge in [-0.05, 0) is 17.7 Å². The zero-order valence-corrected chi connectivity index (χ0v) is 10.8. The van der Waals surface area contributed by atoms with Crippen LogP contribution >= 0.6 is 0 Å². The molecule has 0 radical (unpaired) electrons. The van der Waals surface area contributed by atoms with Gasteiger partial charge in [-0.1, -0.05) is 6.07 Å². The first kappa shape index (κ1) is 12.9. The van der Waals surface area contributed by atoms with Crippen LogP contribution in [0.1, 0.15) is 5.56 Å². The van der Waals surface area contributed by atoms with Crippen molar-refractivity contribution in [1.82, 2.24) is 9.13 Å². The summed E-state index contributed by atoms with van der Waals surface area (Å²) in [6.45, 7) is 0.181. The highest BCUT2D eigenvalue weighted by Crippen LogP contribution is 2.21. The van der Waals surface area contributed by atoms with Crippen molar-refractivity contribution < 1.29 is 4.74 Å². The minimum absolute atomic E-state index is 0.181. The summed E-state index contributed by atoms with van der Waals surface area (Å²) in [7, 11) is 3.13. The monoisotopic (exact) mass is 261 g/mol. The Morgan fingerprint density at radius 1 is 1.26 bits per heavy atom. The third-order valence-corrected chi connectivity index (χ3v) is 2.87. The number of hydrogen-bond acceptors (Lipinski definition) is 4. The van der Waals surface area contributed by atoms with Gasteiger partial charge in [0, 0.05) is 19.3 Å². The van der Waals surface area contributed by atoms with Crippen LogP contribution in [0.4, 0.5) is 5.69 Å². The highest BCUT2D eigenvalue weighted by Gasteiger charge is 2.06. The van der Waals surface area contributed by atoms with Crippen molar-refractivity contribution in [3.8, 4) is 5.75 Å². The van der Waals surface area contributed by atoms with E-state index < -0.39 is 0 Å². The van der Waals surface area contributed by atoms with Crippen molar-refractivity contribution in [3.63, 3.8) is 0 Å². The maximum atomic E-state index is 11.9. The van der Waals surface area contributed by atoms with Crippen LogP contribution in [0.5, 0.6) is 5.75 Å². The van der Waals surface area contributed by atoms with Gasteiger partial charge in [0.2, 0.25) is 0 Å². The predicted octanol–water partition coefficient (Wildman–Crippen LogP) is 0.186. The van der Waals surface area contributed by atoms with Gasteiger partial charge in [-0.15, -0.1) is 0 Å². The summed E-state index contributed by atoms with van der Waals surface area (Å²) in [6.07, 6.45) is 1.45. The molecular formula is C13H15N3O3. The Kier molecular flexibility index (Phi) is 3.41. The molecule has 0 aliphatic heterocycles. The Morgan fingerprint density at radius 3 is 2.63 bits per heavy atom. The average Bonchev–Trinajstić information content (AvgIpc) is 2.39. The normalized spacial score (nSPS) is 10.4. The van der Waals surface area contributed by atoms with Crippen LogP contribution in [0.2, 0.25) is 0 Å². The fraction of sp³-hybridized carbons (Fsp3) is 0.231. The SMILES string of the molecule is COc1ccc(Cn2c(=O)ccn(C)c2=O)cc1N. The van der Waals surface area contributed by atoms with Gasteiger partial charge in [-0.2, -0.15) is 0 Å². The predicted molar refractivity (Wildman–Crippen MR) is 72.5 cm³/mol. The van der Waals surface area contributed by atoms with Crippen LogP contribution in [0, 0.1) is 0 Å². The van der Waals surface area contributed by atoms with Crippen LogP contribution < -0.4 is 21.7 Å². The standard InChI is InChI=1S/C13H15N3O3/c1-15-6-5-12(17)16(13(15)18)8-9-3-4-11(19-2)10(14)7-9/h3-7H,8,14H2,1-2H3. The molecule has 0 saturated carbocycles. The second-order valence-corrected chi connectivity index (χ2v) is 4.21. The first-order valence-corrected chi connectivity index (χ1v) is 5.72. The zero-order valence-electron chi connectivity index (χ0n) is 10.8. The molecule has 0 spiro atoms. The number of aromatic nitrogens is 2. The molecule has 0 saturated heterocycles. The van der Waals surface area contributed by atoms with Gasteiger partial charge in [-0.25, -0.2) is 4.79 Å². The van der Waals surface area contributed by atoms with Gasteiger partial charge in [-0.3, -0.25) is 9.36 Å². The molecule has 100 valence electrons. The molecule has 1 heterocycles. The summed E-state index contributed by atoms with van der Waals surface area (Å²) >= 11 is 0. The van der Waals surface area contributed by atoms with Crippen molar-refractivity contribution in [1.29, 1.82) is 0 Å². The first-order chi connectivity index (χ1) is 9.02. The molecule has 0 fully saturated rings. The van der Waals surface area contributed by atoms with Crippen LogP contribution in [0.3, 0.4) is 0 Å². The summed E-state index contributed by atoms with van der Waals surface area (Å²) < 4.78 is 7.57. The second-order valence-electron chi connectivity index (χ2n) is 4.21. The highest BCUT2D eigenvalue weighted by molar-refractivity contribution is 5.54. The summed E-state index contributed by atoms with van der Waals surface area (Å²) in [5, 5.41) is 0. The van der Waals surface area contributed by atoms with Crippen molar-refractivity contribution in [2.45, 2.75) is 6.54 Å². The second kappa shape index (κ2) is 5.01. The topological polar surface area (TPSA) is 79.2 Å². The molecule has 0 aliphatic rings. The molecule has 0 atom stereocenters. The van der Waals surface area contributed by atoms with E-state index in [1.165, 1.54) is 23.9 Å². The lowest BCUT2D eigenvalue weighted by molar-refractivity contribution is 0.417. The minimum atomic E-state index is -0.359. The minimum Gasteiger partial charge on any atom is -0.495 e. The van der Waals surface area contributed by atoms with Gasteiger partial charge >= 0.3 is 5.69 Å². The van der Waals surface area contributed by atoms with Gasteiger partial charge in [0.25, 0.3) is 5.56 Å². The van der Waals surface area contributed by atoms with Crippen LogP contribution in [0.15, 0.2) is 40.1 Å². The fourth-order valence-electron chi connectivity index (χ4n) is 1.82. The Bertz CT molecular complexity index is 716. The average molecular weight is 261 g/mol. The Hall–Kier alpha value is -2.50. The van der Waals surface area contributed by atoms with Crippen molar-refractivity contribution in [3.05, 3.63) is 56.9 Å². The Balaban J connectivity index is 2.42. The quantitative estimate of drug-likeness (QED) is 0.800. The Labute approximate surface area is 109 Å². The molecule has 2 N–H and O–H groups in total. The largest absolute Gasteiger partial charge is 0.495 e. The van der Waals surface area contributed by atoms with Gasteiger partial charge in [0.05, 0.1) is 19.3 Å². The van der Waals surface area contributed by atoms with Gasteiger partial charge < -0.3 is 15.0 Å². The third kappa shape index (κ3) is 2.52. The van der Waals surface area contributed by atoms with E-state index in [-0.39, 0.29) is 17.8 Å². The molecule has 0 amide bonds. The number of benzene rings is 1. The maximum Gasteiger partial charge on any atom is 0.331 e. The first-order valence-electron chi connectivity index (χ1n) is 5.72. The number of methoxy groups -OCH3 is 1. The van der Waals surface area contributed by atoms with Crippen molar-refractivity contribution >= 4 is 5.69 Å². The van der Waals surface area contributed by atoms with E-state index in [0.29, 0.717) is 11.4 Å². The molecule has 0 unspecified atom stereocenters. The summed E-state index contributed by atoms with van der Waals surface area (Å²) in [5.74, 6) is 0.567. The van der Waals surface area contributed by atoms with E-state index in [1.54, 1.807) is 25.2 Å². The number of nitrogens with zero attached hydrogens (tertiary/aromatic N) is 2. The molecule has 19 heavy (non-hydrogen) atoms. The zero-order chi connectivity index (χ0) is 14.0. The summed E-state index contributed by atoms with van der Waals surface area (Å²) in [4.78, 5) is 23.6. The maximum absolute atomic E-state index is 11.9. The Morgan fingerprint density at radius 2 is 2.00 bits per heavy atom. The molecule has 1 aromatic heterocycles. The van der Waals surface area contributed by atoms with Crippen LogP contribution in [-0.4, -0.2) is 16.2 Å². The summed E-state index contributed by atoms with van der Waals surface area (Å²) in [5.41, 5.74) is 6.34. The number of aryl methyl sites for hydroxylation is 1. The lowest BCUT2D eigenvalue weighted by atomic mass is 10.2. The number of hydrogen-bond donors (Lipinski definition) is 1. The number of anilines is 1. The third-order valence-electron chi connectivity index (χ3n) is 2.87. The number of nitrogens with two attached hydrogens (primary N) is 1. The van der Waals surface area contributed by atoms with Gasteiger partial charge in [0.15, 0.2) is 0 Å². The van der Waals surface area contributed by atoms with Crippen LogP contribution in [-0.2, 0) is 13.6 Å². The fourth-order valence-corrected chi connectivity index (χ4v) is 1.82.